The number of esters is 1. The highest BCUT2D eigenvalue weighted by Crippen LogP contribution is 2.31. The summed E-state index contributed by atoms with van der Waals surface area (Å²) in [5, 5.41) is 3.09. The molecule has 2 aromatic carbocycles. The van der Waals surface area contributed by atoms with Gasteiger partial charge in [0.2, 0.25) is 0 Å². The molecule has 0 aliphatic heterocycles. The van der Waals surface area contributed by atoms with E-state index in [2.05, 4.69) is 17.4 Å². The zero-order valence-electron chi connectivity index (χ0n) is 16.4. The van der Waals surface area contributed by atoms with E-state index in [4.69, 9.17) is 14.2 Å². The van der Waals surface area contributed by atoms with Crippen LogP contribution in [-0.2, 0) is 16.0 Å². The molecule has 0 fully saturated rings. The zero-order chi connectivity index (χ0) is 20.1. The van der Waals surface area contributed by atoms with Gasteiger partial charge in [0, 0.05) is 0 Å². The van der Waals surface area contributed by atoms with Crippen LogP contribution in [0, 0.1) is 0 Å². The maximum absolute atomic E-state index is 12.7. The van der Waals surface area contributed by atoms with E-state index >= 15 is 0 Å². The van der Waals surface area contributed by atoms with Crippen LogP contribution < -0.4 is 14.8 Å². The number of hydrogen-bond acceptors (Lipinski definition) is 5. The molecule has 0 saturated carbocycles. The predicted octanol–water partition coefficient (Wildman–Crippen LogP) is 3.44. The fraction of sp³-hybridized carbons (Fsp3) is 0.364. The van der Waals surface area contributed by atoms with Gasteiger partial charge in [0.25, 0.3) is 5.91 Å². The van der Waals surface area contributed by atoms with Crippen LogP contribution in [-0.4, -0.2) is 32.2 Å². The van der Waals surface area contributed by atoms with Crippen molar-refractivity contribution in [2.75, 3.05) is 14.2 Å². The fourth-order valence-electron chi connectivity index (χ4n) is 3.45. The lowest BCUT2D eigenvalue weighted by Gasteiger charge is -2.27. The third-order valence-corrected chi connectivity index (χ3v) is 4.94. The van der Waals surface area contributed by atoms with Crippen molar-refractivity contribution in [3.63, 3.8) is 0 Å². The Morgan fingerprint density at radius 1 is 1.11 bits per heavy atom. The van der Waals surface area contributed by atoms with Crippen molar-refractivity contribution in [3.8, 4) is 11.5 Å². The molecule has 6 nitrogen and oxygen atoms in total. The van der Waals surface area contributed by atoms with Gasteiger partial charge in [0.1, 0.15) is 0 Å². The molecule has 1 N–H and O–H groups in total. The van der Waals surface area contributed by atoms with Gasteiger partial charge in [0.15, 0.2) is 17.6 Å². The number of fused-ring (bicyclic) bond motifs is 1. The van der Waals surface area contributed by atoms with Crippen molar-refractivity contribution in [2.45, 2.75) is 38.3 Å². The topological polar surface area (TPSA) is 73.9 Å². The summed E-state index contributed by atoms with van der Waals surface area (Å²) in [7, 11) is 2.79. The van der Waals surface area contributed by atoms with Crippen LogP contribution in [0.1, 0.15) is 47.3 Å². The molecule has 0 spiro atoms. The zero-order valence-corrected chi connectivity index (χ0v) is 16.4. The van der Waals surface area contributed by atoms with E-state index in [0.717, 1.165) is 19.3 Å². The SMILES string of the molecule is COC(=O)c1ccc(OC(C)C(=O)NC2CCCc3ccccc32)c(OC)c1. The van der Waals surface area contributed by atoms with Crippen molar-refractivity contribution in [2.24, 2.45) is 0 Å². The number of hydrogen-bond donors (Lipinski definition) is 1. The molecule has 0 radical (unpaired) electrons. The number of benzene rings is 2. The summed E-state index contributed by atoms with van der Waals surface area (Å²) in [6, 6.07) is 12.9. The molecule has 2 aromatic rings. The van der Waals surface area contributed by atoms with Gasteiger partial charge in [-0.15, -0.1) is 0 Å². The Hall–Kier alpha value is -3.02. The summed E-state index contributed by atoms with van der Waals surface area (Å²) in [5.41, 5.74) is 2.81. The summed E-state index contributed by atoms with van der Waals surface area (Å²) in [6.45, 7) is 1.69. The second kappa shape index (κ2) is 8.78. The largest absolute Gasteiger partial charge is 0.493 e. The first-order valence-electron chi connectivity index (χ1n) is 9.34. The van der Waals surface area contributed by atoms with Gasteiger partial charge >= 0.3 is 5.97 Å². The summed E-state index contributed by atoms with van der Waals surface area (Å²) in [6.07, 6.45) is 2.28. The van der Waals surface area contributed by atoms with E-state index in [-0.39, 0.29) is 11.9 Å². The van der Waals surface area contributed by atoms with Gasteiger partial charge in [-0.3, -0.25) is 4.79 Å². The third kappa shape index (κ3) is 4.27. The first-order valence-corrected chi connectivity index (χ1v) is 9.34. The summed E-state index contributed by atoms with van der Waals surface area (Å²) in [4.78, 5) is 24.4. The maximum Gasteiger partial charge on any atom is 0.337 e. The monoisotopic (exact) mass is 383 g/mol. The number of carbonyl (C=O) groups excluding carboxylic acids is 2. The number of methoxy groups -OCH3 is 2. The number of rotatable bonds is 6. The van der Waals surface area contributed by atoms with Crippen molar-refractivity contribution in [3.05, 3.63) is 59.2 Å². The Bertz CT molecular complexity index is 864. The maximum atomic E-state index is 12.7. The van der Waals surface area contributed by atoms with E-state index in [1.165, 1.54) is 31.4 Å². The molecule has 0 aromatic heterocycles. The lowest BCUT2D eigenvalue weighted by molar-refractivity contribution is -0.128. The van der Waals surface area contributed by atoms with Gasteiger partial charge < -0.3 is 19.5 Å². The quantitative estimate of drug-likeness (QED) is 0.774. The Kier molecular flexibility index (Phi) is 6.19. The lowest BCUT2D eigenvalue weighted by atomic mass is 9.87. The van der Waals surface area contributed by atoms with Crippen LogP contribution in [0.2, 0.25) is 0 Å². The summed E-state index contributed by atoms with van der Waals surface area (Å²) >= 11 is 0. The van der Waals surface area contributed by atoms with Crippen LogP contribution in [0.5, 0.6) is 11.5 Å². The molecule has 0 bridgehead atoms. The van der Waals surface area contributed by atoms with Crippen LogP contribution >= 0.6 is 0 Å². The lowest BCUT2D eigenvalue weighted by Crippen LogP contribution is -2.39. The van der Waals surface area contributed by atoms with Gasteiger partial charge in [-0.05, 0) is 55.5 Å². The Labute approximate surface area is 164 Å². The van der Waals surface area contributed by atoms with E-state index < -0.39 is 12.1 Å². The highest BCUT2D eigenvalue weighted by Gasteiger charge is 2.25. The van der Waals surface area contributed by atoms with Gasteiger partial charge in [-0.25, -0.2) is 4.79 Å². The minimum atomic E-state index is -0.716. The number of aryl methyl sites for hydroxylation is 1. The molecular formula is C22H25NO5. The van der Waals surface area contributed by atoms with E-state index in [9.17, 15) is 9.59 Å². The molecule has 1 aliphatic carbocycles. The molecule has 1 amide bonds. The second-order valence-corrected chi connectivity index (χ2v) is 6.77. The average molecular weight is 383 g/mol. The molecule has 2 atom stereocenters. The second-order valence-electron chi connectivity index (χ2n) is 6.77. The summed E-state index contributed by atoms with van der Waals surface area (Å²) < 4.78 is 15.8. The van der Waals surface area contributed by atoms with Crippen molar-refractivity contribution < 1.29 is 23.8 Å². The molecule has 6 heteroatoms. The van der Waals surface area contributed by atoms with E-state index in [1.807, 2.05) is 12.1 Å². The van der Waals surface area contributed by atoms with Crippen molar-refractivity contribution in [1.29, 1.82) is 0 Å². The predicted molar refractivity (Wildman–Crippen MR) is 105 cm³/mol. The van der Waals surface area contributed by atoms with Crippen molar-refractivity contribution in [1.82, 2.24) is 5.32 Å². The smallest absolute Gasteiger partial charge is 0.337 e. The van der Waals surface area contributed by atoms with Crippen LogP contribution in [0.25, 0.3) is 0 Å². The molecule has 0 saturated heterocycles. The molecule has 2 unspecified atom stereocenters. The minimum absolute atomic E-state index is 0.00732. The van der Waals surface area contributed by atoms with Gasteiger partial charge in [-0.1, -0.05) is 24.3 Å². The Balaban J connectivity index is 1.69. The Morgan fingerprint density at radius 3 is 2.64 bits per heavy atom. The average Bonchev–Trinajstić information content (AvgIpc) is 2.73. The molecule has 3 rings (SSSR count). The Morgan fingerprint density at radius 2 is 1.89 bits per heavy atom. The van der Waals surface area contributed by atoms with Gasteiger partial charge in [0.05, 0.1) is 25.8 Å². The minimum Gasteiger partial charge on any atom is -0.493 e. The number of amides is 1. The molecule has 0 heterocycles. The van der Waals surface area contributed by atoms with Crippen molar-refractivity contribution >= 4 is 11.9 Å². The normalized spacial score (nSPS) is 16.5. The standard InChI is InChI=1S/C22H25NO5/c1-14(28-19-12-11-16(22(25)27-3)13-20(19)26-2)21(24)23-18-10-6-8-15-7-4-5-9-17(15)18/h4-5,7,9,11-14,18H,6,8,10H2,1-3H3,(H,23,24). The van der Waals surface area contributed by atoms with E-state index in [1.54, 1.807) is 19.1 Å². The molecule has 1 aliphatic rings. The first-order chi connectivity index (χ1) is 13.5. The van der Waals surface area contributed by atoms with Gasteiger partial charge in [-0.2, -0.15) is 0 Å². The fourth-order valence-corrected chi connectivity index (χ4v) is 3.45. The third-order valence-electron chi connectivity index (χ3n) is 4.94. The van der Waals surface area contributed by atoms with Crippen LogP contribution in [0.4, 0.5) is 0 Å². The molecule has 28 heavy (non-hydrogen) atoms. The van der Waals surface area contributed by atoms with E-state index in [0.29, 0.717) is 17.1 Å². The summed E-state index contributed by atoms with van der Waals surface area (Å²) in [5.74, 6) is 0.0971. The highest BCUT2D eigenvalue weighted by atomic mass is 16.5. The van der Waals surface area contributed by atoms with Crippen LogP contribution in [0.3, 0.4) is 0 Å². The molecular weight excluding hydrogens is 358 g/mol. The number of nitrogens with one attached hydrogen (secondary N) is 1. The number of carbonyl (C=O) groups is 2. The highest BCUT2D eigenvalue weighted by molar-refractivity contribution is 5.90. The van der Waals surface area contributed by atoms with Crippen LogP contribution in [0.15, 0.2) is 42.5 Å². The number of ether oxygens (including phenoxy) is 3. The first kappa shape index (κ1) is 19.7. The molecule has 148 valence electrons.